The maximum atomic E-state index is 14.9. The van der Waals surface area contributed by atoms with Crippen LogP contribution in [0.4, 0.5) is 5.69 Å². The Balaban J connectivity index is 1.26. The zero-order valence-electron chi connectivity index (χ0n) is 32.9. The van der Waals surface area contributed by atoms with Gasteiger partial charge in [-0.1, -0.05) is 41.9 Å². The van der Waals surface area contributed by atoms with E-state index in [1.807, 2.05) is 87.6 Å². The number of hydrogen-bond acceptors (Lipinski definition) is 7. The van der Waals surface area contributed by atoms with E-state index in [0.717, 1.165) is 53.9 Å². The Morgan fingerprint density at radius 1 is 0.946 bits per heavy atom. The molecule has 1 fully saturated rings. The SMILES string of the molecule is COc1ccc(CN(Cc2ccc(OC)cc2)S(=O)(=O)c2ccc3c(c2)N(C[C@@H]2CC[C@H]2C=N[S@@](=O)C(C)(C)C)C[C@@]2(CCCc4cc(Cl)ccc42)CO3)cc1. The number of halogens is 1. The molecule has 0 N–H and O–H groups in total. The second-order valence-corrected chi connectivity index (χ2v) is 20.6. The predicted molar refractivity (Wildman–Crippen MR) is 225 cm³/mol. The average molecular weight is 819 g/mol. The van der Waals surface area contributed by atoms with E-state index in [1.165, 1.54) is 15.4 Å². The molecule has 1 saturated carbocycles. The van der Waals surface area contributed by atoms with Crippen LogP contribution in [0.3, 0.4) is 0 Å². The molecule has 4 aromatic carbocycles. The highest BCUT2D eigenvalue weighted by Crippen LogP contribution is 2.46. The third kappa shape index (κ3) is 8.66. The van der Waals surface area contributed by atoms with Gasteiger partial charge in [0.15, 0.2) is 0 Å². The Morgan fingerprint density at radius 2 is 1.61 bits per heavy atom. The molecule has 0 amide bonds. The maximum Gasteiger partial charge on any atom is 0.243 e. The van der Waals surface area contributed by atoms with Gasteiger partial charge in [-0.25, -0.2) is 12.6 Å². The summed E-state index contributed by atoms with van der Waals surface area (Å²) >= 11 is 6.50. The second-order valence-electron chi connectivity index (χ2n) is 16.3. The molecule has 0 saturated heterocycles. The van der Waals surface area contributed by atoms with E-state index in [1.54, 1.807) is 26.4 Å². The highest BCUT2D eigenvalue weighted by Gasteiger charge is 2.43. The van der Waals surface area contributed by atoms with Crippen LogP contribution in [0.1, 0.15) is 68.7 Å². The number of ether oxygens (including phenoxy) is 3. The van der Waals surface area contributed by atoms with Gasteiger partial charge in [0, 0.05) is 42.8 Å². The summed E-state index contributed by atoms with van der Waals surface area (Å²) in [4.78, 5) is 2.55. The number of anilines is 1. The minimum absolute atomic E-state index is 0.164. The number of rotatable bonds is 12. The van der Waals surface area contributed by atoms with Crippen molar-refractivity contribution < 1.29 is 26.8 Å². The molecule has 3 aliphatic rings. The standard InChI is InChI=1S/C44H52ClN3O6S2/c1-43(2,3)55(49)46-25-34-12-13-35(34)28-47-29-44(22-6-7-33-23-36(45)14-20-40(33)44)30-54-42-21-19-39(24-41(42)47)56(50,51)48(26-31-8-15-37(52-4)16-9-31)27-32-10-17-38(53-5)18-11-32/h8-11,14-21,23-25,34-35H,6-7,12-13,22,26-30H2,1-5H3/t34-,35-,44-,55-/m0/s1. The Labute approximate surface area is 339 Å². The van der Waals surface area contributed by atoms with Gasteiger partial charge in [-0.2, -0.15) is 8.70 Å². The normalized spacial score (nSPS) is 21.5. The second kappa shape index (κ2) is 16.5. The van der Waals surface area contributed by atoms with E-state index in [4.69, 9.17) is 25.8 Å². The highest BCUT2D eigenvalue weighted by molar-refractivity contribution is 7.89. The van der Waals surface area contributed by atoms with Gasteiger partial charge in [-0.3, -0.25) is 0 Å². The number of benzene rings is 4. The largest absolute Gasteiger partial charge is 0.497 e. The quantitative estimate of drug-likeness (QED) is 0.132. The molecule has 0 aromatic heterocycles. The van der Waals surface area contributed by atoms with Crippen LogP contribution in [0.25, 0.3) is 0 Å². The molecule has 298 valence electrons. The maximum absolute atomic E-state index is 14.9. The summed E-state index contributed by atoms with van der Waals surface area (Å²) in [6, 6.07) is 26.5. The van der Waals surface area contributed by atoms with Gasteiger partial charge in [0.25, 0.3) is 0 Å². The summed E-state index contributed by atoms with van der Waals surface area (Å²) in [6.07, 6.45) is 6.77. The van der Waals surface area contributed by atoms with Crippen molar-refractivity contribution >= 4 is 44.5 Å². The van der Waals surface area contributed by atoms with Crippen molar-refractivity contribution in [3.63, 3.8) is 0 Å². The monoisotopic (exact) mass is 817 g/mol. The molecule has 1 aliphatic heterocycles. The minimum atomic E-state index is -4.03. The van der Waals surface area contributed by atoms with Crippen LogP contribution >= 0.6 is 11.6 Å². The van der Waals surface area contributed by atoms with E-state index in [0.29, 0.717) is 36.9 Å². The zero-order valence-corrected chi connectivity index (χ0v) is 35.3. The van der Waals surface area contributed by atoms with E-state index in [-0.39, 0.29) is 35.2 Å². The summed E-state index contributed by atoms with van der Waals surface area (Å²) in [5.74, 6) is 2.51. The average Bonchev–Trinajstić information content (AvgIpc) is 3.33. The molecule has 0 bridgehead atoms. The first-order valence-electron chi connectivity index (χ1n) is 19.3. The molecular weight excluding hydrogens is 766 g/mol. The van der Waals surface area contributed by atoms with Gasteiger partial charge >= 0.3 is 0 Å². The third-order valence-electron chi connectivity index (χ3n) is 11.5. The van der Waals surface area contributed by atoms with Crippen molar-refractivity contribution in [3.8, 4) is 17.2 Å². The lowest BCUT2D eigenvalue weighted by Crippen LogP contribution is -2.48. The fraction of sp³-hybridized carbons (Fsp3) is 0.432. The molecule has 0 unspecified atom stereocenters. The van der Waals surface area contributed by atoms with Gasteiger partial charge in [0.1, 0.15) is 28.2 Å². The van der Waals surface area contributed by atoms with Crippen LogP contribution in [-0.2, 0) is 45.9 Å². The molecule has 2 aliphatic carbocycles. The Bertz CT molecular complexity index is 2140. The van der Waals surface area contributed by atoms with Gasteiger partial charge in [0.05, 0.1) is 36.2 Å². The molecule has 0 radical (unpaired) electrons. The molecular formula is C44H52ClN3O6S2. The van der Waals surface area contributed by atoms with E-state index >= 15 is 0 Å². The first-order chi connectivity index (χ1) is 26.8. The molecule has 12 heteroatoms. The lowest BCUT2D eigenvalue weighted by atomic mass is 9.69. The summed E-state index contributed by atoms with van der Waals surface area (Å²) in [6.45, 7) is 7.94. The fourth-order valence-corrected chi connectivity index (χ4v) is 10.3. The van der Waals surface area contributed by atoms with Crippen LogP contribution in [-0.4, -0.2) is 61.8 Å². The van der Waals surface area contributed by atoms with Gasteiger partial charge in [0.2, 0.25) is 10.0 Å². The summed E-state index contributed by atoms with van der Waals surface area (Å²) in [5, 5.41) is 0.725. The van der Waals surface area contributed by atoms with Crippen LogP contribution in [0.15, 0.2) is 94.2 Å². The summed E-state index contributed by atoms with van der Waals surface area (Å²) in [5.41, 5.74) is 4.62. The predicted octanol–water partition coefficient (Wildman–Crippen LogP) is 8.78. The molecule has 4 aromatic rings. The number of aryl methyl sites for hydroxylation is 1. The first-order valence-corrected chi connectivity index (χ1v) is 22.2. The van der Waals surface area contributed by atoms with Crippen LogP contribution in [0.5, 0.6) is 17.2 Å². The molecule has 7 rings (SSSR count). The van der Waals surface area contributed by atoms with E-state index < -0.39 is 25.8 Å². The molecule has 4 atom stereocenters. The fourth-order valence-electron chi connectivity index (χ4n) is 8.09. The Morgan fingerprint density at radius 3 is 2.20 bits per heavy atom. The number of hydrogen-bond donors (Lipinski definition) is 0. The van der Waals surface area contributed by atoms with Crippen molar-refractivity contribution in [2.75, 3.05) is 38.8 Å². The van der Waals surface area contributed by atoms with Crippen molar-refractivity contribution in [2.45, 2.75) is 81.0 Å². The number of fused-ring (bicyclic) bond motifs is 3. The lowest BCUT2D eigenvalue weighted by molar-refractivity contribution is 0.201. The molecule has 56 heavy (non-hydrogen) atoms. The van der Waals surface area contributed by atoms with Gasteiger partial charge in [-0.15, -0.1) is 0 Å². The van der Waals surface area contributed by atoms with E-state index in [2.05, 4.69) is 21.4 Å². The number of nitrogens with zero attached hydrogens (tertiary/aromatic N) is 3. The van der Waals surface area contributed by atoms with Crippen LogP contribution in [0, 0.1) is 11.8 Å². The van der Waals surface area contributed by atoms with Crippen molar-refractivity contribution in [3.05, 3.63) is 112 Å². The zero-order chi connectivity index (χ0) is 39.7. The van der Waals surface area contributed by atoms with Crippen molar-refractivity contribution in [1.29, 1.82) is 0 Å². The molecule has 1 spiro atoms. The topological polar surface area (TPSA) is 97.7 Å². The molecule has 9 nitrogen and oxygen atoms in total. The minimum Gasteiger partial charge on any atom is -0.497 e. The van der Waals surface area contributed by atoms with Crippen LogP contribution < -0.4 is 19.1 Å². The smallest absolute Gasteiger partial charge is 0.243 e. The van der Waals surface area contributed by atoms with Crippen molar-refractivity contribution in [2.24, 2.45) is 16.2 Å². The summed E-state index contributed by atoms with van der Waals surface area (Å²) in [7, 11) is -2.14. The Hall–Kier alpha value is -3.90. The highest BCUT2D eigenvalue weighted by atomic mass is 35.5. The lowest BCUT2D eigenvalue weighted by Gasteiger charge is -2.44. The Kier molecular flexibility index (Phi) is 11.9. The van der Waals surface area contributed by atoms with E-state index in [9.17, 15) is 12.6 Å². The third-order valence-corrected chi connectivity index (χ3v) is 14.9. The summed E-state index contributed by atoms with van der Waals surface area (Å²) < 4.78 is 65.6. The van der Waals surface area contributed by atoms with Gasteiger partial charge in [-0.05, 0) is 142 Å². The first kappa shape index (κ1) is 40.3. The number of methoxy groups -OCH3 is 2. The van der Waals surface area contributed by atoms with Crippen LogP contribution in [0.2, 0.25) is 5.02 Å². The van der Waals surface area contributed by atoms with Gasteiger partial charge < -0.3 is 19.1 Å². The number of sulfonamides is 1. The van der Waals surface area contributed by atoms with Crippen molar-refractivity contribution in [1.82, 2.24) is 4.31 Å². The molecule has 1 heterocycles.